The van der Waals surface area contributed by atoms with E-state index < -0.39 is 0 Å². The van der Waals surface area contributed by atoms with Crippen molar-refractivity contribution in [1.29, 1.82) is 0 Å². The number of pyridine rings is 1. The van der Waals surface area contributed by atoms with E-state index in [1.807, 2.05) is 19.1 Å². The van der Waals surface area contributed by atoms with Gasteiger partial charge in [0, 0.05) is 35.9 Å². The molecule has 2 aromatic heterocycles. The van der Waals surface area contributed by atoms with Crippen LogP contribution in [0.25, 0.3) is 10.2 Å². The van der Waals surface area contributed by atoms with Gasteiger partial charge in [-0.2, -0.15) is 0 Å². The summed E-state index contributed by atoms with van der Waals surface area (Å²) in [6.07, 6.45) is 6.27. The molecule has 1 aromatic carbocycles. The number of hydrogen-bond acceptors (Lipinski definition) is 5. The van der Waals surface area contributed by atoms with E-state index in [0.717, 1.165) is 34.3 Å². The number of nitrogen functional groups attached to an aromatic ring is 1. The maximum atomic E-state index is 12.6. The topological polar surface area (TPSA) is 71.2 Å². The highest BCUT2D eigenvalue weighted by atomic mass is 32.1. The largest absolute Gasteiger partial charge is 0.397 e. The number of rotatable bonds is 5. The SMILES string of the molecule is Cc1ccc2c(N)c(C(=O)NCCc3ccc(N4CC[C@H]5CCC[C@H]54)cc3)sc2n1. The number of aryl methyl sites for hydroxylation is 1. The Kier molecular flexibility index (Phi) is 5.11. The molecule has 0 bridgehead atoms. The fourth-order valence-electron chi connectivity index (χ4n) is 5.07. The molecule has 1 saturated carbocycles. The third kappa shape index (κ3) is 3.54. The summed E-state index contributed by atoms with van der Waals surface area (Å²) in [6, 6.07) is 13.5. The second-order valence-corrected chi connectivity index (χ2v) is 9.56. The smallest absolute Gasteiger partial charge is 0.263 e. The second-order valence-electron chi connectivity index (χ2n) is 8.56. The summed E-state index contributed by atoms with van der Waals surface area (Å²) in [6.45, 7) is 3.72. The Hall–Kier alpha value is -2.60. The van der Waals surface area contributed by atoms with Crippen LogP contribution < -0.4 is 16.0 Å². The molecule has 3 heterocycles. The van der Waals surface area contributed by atoms with E-state index in [2.05, 4.69) is 39.5 Å². The van der Waals surface area contributed by atoms with Crippen molar-refractivity contribution < 1.29 is 4.79 Å². The molecule has 1 saturated heterocycles. The number of amides is 1. The fraction of sp³-hybridized carbons (Fsp3) is 0.417. The highest BCUT2D eigenvalue weighted by molar-refractivity contribution is 7.21. The Morgan fingerprint density at radius 2 is 2.03 bits per heavy atom. The molecule has 5 rings (SSSR count). The van der Waals surface area contributed by atoms with Crippen LogP contribution in [0.5, 0.6) is 0 Å². The number of benzene rings is 1. The minimum atomic E-state index is -0.117. The third-order valence-electron chi connectivity index (χ3n) is 6.67. The Balaban J connectivity index is 1.19. The van der Waals surface area contributed by atoms with Crippen molar-refractivity contribution in [1.82, 2.24) is 10.3 Å². The van der Waals surface area contributed by atoms with Gasteiger partial charge in [0.05, 0.1) is 5.69 Å². The standard InChI is InChI=1S/C24H28N4OS/c1-15-5-10-19-21(25)22(30-24(19)27-15)23(29)26-13-11-16-6-8-18(9-7-16)28-14-12-17-3-2-4-20(17)28/h5-10,17,20H,2-4,11-14,25H2,1H3,(H,26,29)/t17-,20-/m1/s1. The number of hydrogen-bond donors (Lipinski definition) is 2. The second kappa shape index (κ2) is 7.91. The lowest BCUT2D eigenvalue weighted by molar-refractivity contribution is 0.0959. The van der Waals surface area contributed by atoms with Crippen LogP contribution in [0, 0.1) is 12.8 Å². The van der Waals surface area contributed by atoms with Crippen LogP contribution >= 0.6 is 11.3 Å². The van der Waals surface area contributed by atoms with Gasteiger partial charge in [0.25, 0.3) is 5.91 Å². The van der Waals surface area contributed by atoms with E-state index in [1.165, 1.54) is 54.8 Å². The van der Waals surface area contributed by atoms with Gasteiger partial charge >= 0.3 is 0 Å². The number of nitrogens with two attached hydrogens (primary N) is 1. The van der Waals surface area contributed by atoms with E-state index >= 15 is 0 Å². The number of carbonyl (C=O) groups excluding carboxylic acids is 1. The molecule has 1 aliphatic heterocycles. The number of nitrogens with zero attached hydrogens (tertiary/aromatic N) is 2. The molecule has 3 N–H and O–H groups in total. The summed E-state index contributed by atoms with van der Waals surface area (Å²) in [5.74, 6) is 0.787. The van der Waals surface area contributed by atoms with Crippen LogP contribution in [0.3, 0.4) is 0 Å². The van der Waals surface area contributed by atoms with Gasteiger partial charge in [0.15, 0.2) is 0 Å². The zero-order valence-electron chi connectivity index (χ0n) is 17.4. The first-order chi connectivity index (χ1) is 14.6. The lowest BCUT2D eigenvalue weighted by atomic mass is 10.0. The third-order valence-corrected chi connectivity index (χ3v) is 7.78. The highest BCUT2D eigenvalue weighted by Crippen LogP contribution is 2.40. The number of anilines is 2. The number of thiophene rings is 1. The number of carbonyl (C=O) groups is 1. The maximum Gasteiger partial charge on any atom is 0.263 e. The summed E-state index contributed by atoms with van der Waals surface area (Å²) in [5.41, 5.74) is 10.2. The van der Waals surface area contributed by atoms with Crippen molar-refractivity contribution in [3.05, 3.63) is 52.5 Å². The van der Waals surface area contributed by atoms with Crippen LogP contribution in [-0.4, -0.2) is 30.0 Å². The molecular weight excluding hydrogens is 392 g/mol. The molecule has 0 unspecified atom stereocenters. The molecule has 2 aliphatic rings. The number of fused-ring (bicyclic) bond motifs is 2. The molecule has 156 valence electrons. The molecule has 0 radical (unpaired) electrons. The normalized spacial score (nSPS) is 20.6. The highest BCUT2D eigenvalue weighted by Gasteiger charge is 2.37. The van der Waals surface area contributed by atoms with E-state index in [9.17, 15) is 4.79 Å². The molecular formula is C24H28N4OS. The summed E-state index contributed by atoms with van der Waals surface area (Å²) >= 11 is 1.36. The molecule has 2 atom stereocenters. The minimum Gasteiger partial charge on any atom is -0.397 e. The summed E-state index contributed by atoms with van der Waals surface area (Å²) in [7, 11) is 0. The Morgan fingerprint density at radius 1 is 1.20 bits per heavy atom. The predicted octanol–water partition coefficient (Wildman–Crippen LogP) is 4.54. The van der Waals surface area contributed by atoms with Crippen molar-refractivity contribution >= 4 is 38.8 Å². The first kappa shape index (κ1) is 19.4. The van der Waals surface area contributed by atoms with Crippen molar-refractivity contribution in [3.8, 4) is 0 Å². The summed E-state index contributed by atoms with van der Waals surface area (Å²) in [4.78, 5) is 21.1. The van der Waals surface area contributed by atoms with Crippen LogP contribution in [0.2, 0.25) is 0 Å². The van der Waals surface area contributed by atoms with Crippen LogP contribution in [-0.2, 0) is 6.42 Å². The van der Waals surface area contributed by atoms with Crippen molar-refractivity contribution in [2.75, 3.05) is 23.7 Å². The molecule has 2 fully saturated rings. The van der Waals surface area contributed by atoms with Gasteiger partial charge in [0.2, 0.25) is 0 Å². The van der Waals surface area contributed by atoms with Crippen LogP contribution in [0.1, 0.15) is 46.6 Å². The Labute approximate surface area is 181 Å². The van der Waals surface area contributed by atoms with Crippen molar-refractivity contribution in [2.45, 2.75) is 45.1 Å². The lowest BCUT2D eigenvalue weighted by Crippen LogP contribution is -2.29. The van der Waals surface area contributed by atoms with Gasteiger partial charge in [-0.05, 0) is 68.4 Å². The first-order valence-electron chi connectivity index (χ1n) is 10.9. The van der Waals surface area contributed by atoms with E-state index in [-0.39, 0.29) is 5.91 Å². The van der Waals surface area contributed by atoms with E-state index in [0.29, 0.717) is 17.1 Å². The van der Waals surface area contributed by atoms with Gasteiger partial charge < -0.3 is 16.0 Å². The van der Waals surface area contributed by atoms with Gasteiger partial charge in [-0.15, -0.1) is 11.3 Å². The zero-order chi connectivity index (χ0) is 20.7. The fourth-order valence-corrected chi connectivity index (χ4v) is 6.12. The lowest BCUT2D eigenvalue weighted by Gasteiger charge is -2.26. The Morgan fingerprint density at radius 3 is 2.87 bits per heavy atom. The van der Waals surface area contributed by atoms with Gasteiger partial charge in [0.1, 0.15) is 9.71 Å². The van der Waals surface area contributed by atoms with E-state index in [1.54, 1.807) is 0 Å². The monoisotopic (exact) mass is 420 g/mol. The average molecular weight is 421 g/mol. The molecule has 30 heavy (non-hydrogen) atoms. The number of nitrogens with one attached hydrogen (secondary N) is 1. The quantitative estimate of drug-likeness (QED) is 0.636. The van der Waals surface area contributed by atoms with E-state index in [4.69, 9.17) is 5.73 Å². The molecule has 5 nitrogen and oxygen atoms in total. The van der Waals surface area contributed by atoms with Gasteiger partial charge in [-0.1, -0.05) is 18.6 Å². The first-order valence-corrected chi connectivity index (χ1v) is 11.7. The molecule has 3 aromatic rings. The maximum absolute atomic E-state index is 12.6. The summed E-state index contributed by atoms with van der Waals surface area (Å²) in [5, 5.41) is 3.88. The summed E-state index contributed by atoms with van der Waals surface area (Å²) < 4.78 is 0. The molecule has 1 amide bonds. The average Bonchev–Trinajstić information content (AvgIpc) is 3.43. The van der Waals surface area contributed by atoms with Gasteiger partial charge in [-0.3, -0.25) is 4.79 Å². The zero-order valence-corrected chi connectivity index (χ0v) is 18.2. The Bertz CT molecular complexity index is 1070. The van der Waals surface area contributed by atoms with Crippen LogP contribution in [0.15, 0.2) is 36.4 Å². The van der Waals surface area contributed by atoms with Crippen molar-refractivity contribution in [3.63, 3.8) is 0 Å². The van der Waals surface area contributed by atoms with Crippen molar-refractivity contribution in [2.24, 2.45) is 5.92 Å². The van der Waals surface area contributed by atoms with Crippen LogP contribution in [0.4, 0.5) is 11.4 Å². The predicted molar refractivity (Wildman–Crippen MR) is 124 cm³/mol. The molecule has 6 heteroatoms. The molecule has 0 spiro atoms. The number of aromatic nitrogens is 1. The van der Waals surface area contributed by atoms with Gasteiger partial charge in [-0.25, -0.2) is 4.98 Å². The molecule has 1 aliphatic carbocycles. The minimum absolute atomic E-state index is 0.117.